The van der Waals surface area contributed by atoms with Crippen molar-refractivity contribution in [2.75, 3.05) is 24.2 Å². The maximum absolute atomic E-state index is 12.5. The van der Waals surface area contributed by atoms with Gasteiger partial charge in [-0.1, -0.05) is 17.7 Å². The number of benzene rings is 1. The Bertz CT molecular complexity index is 795. The van der Waals surface area contributed by atoms with Crippen LogP contribution in [0.2, 0.25) is 0 Å². The molecule has 1 aromatic carbocycles. The topological polar surface area (TPSA) is 80.5 Å². The lowest BCUT2D eigenvalue weighted by Gasteiger charge is -2.20. The van der Waals surface area contributed by atoms with Gasteiger partial charge in [-0.2, -0.15) is 5.10 Å². The Labute approximate surface area is 154 Å². The van der Waals surface area contributed by atoms with Crippen LogP contribution in [-0.2, 0) is 16.6 Å². The van der Waals surface area contributed by atoms with Crippen LogP contribution in [0.1, 0.15) is 23.9 Å². The number of hydrogen-bond acceptors (Lipinski definition) is 3. The minimum atomic E-state index is -0.377. The van der Waals surface area contributed by atoms with Crippen LogP contribution in [0, 0.1) is 20.8 Å². The first-order valence-electron chi connectivity index (χ1n) is 8.69. The van der Waals surface area contributed by atoms with Crippen LogP contribution in [-0.4, -0.2) is 41.2 Å². The molecule has 0 aliphatic heterocycles. The molecule has 2 amide bonds. The summed E-state index contributed by atoms with van der Waals surface area (Å²) in [4.78, 5) is 25.6. The molecule has 1 unspecified atom stereocenters. The molecule has 0 spiro atoms. The number of hydrogen-bond donors (Lipinski definition) is 3. The van der Waals surface area contributed by atoms with E-state index < -0.39 is 0 Å². The number of carbonyl (C=O) groups is 2. The zero-order valence-electron chi connectivity index (χ0n) is 16.3. The molecule has 0 aliphatic carbocycles. The van der Waals surface area contributed by atoms with Crippen LogP contribution >= 0.6 is 0 Å². The quantitative estimate of drug-likeness (QED) is 0.715. The fraction of sp³-hybridized carbons (Fsp3) is 0.421. The second-order valence-corrected chi connectivity index (χ2v) is 6.82. The van der Waals surface area contributed by atoms with E-state index in [0.29, 0.717) is 0 Å². The van der Waals surface area contributed by atoms with E-state index in [1.54, 1.807) is 4.68 Å². The van der Waals surface area contributed by atoms with Crippen LogP contribution in [0.15, 0.2) is 24.3 Å². The maximum atomic E-state index is 12.5. The Morgan fingerprint density at radius 2 is 1.77 bits per heavy atom. The zero-order chi connectivity index (χ0) is 19.4. The van der Waals surface area contributed by atoms with Gasteiger partial charge in [-0.25, -0.2) is 0 Å². The number of amides is 2. The summed E-state index contributed by atoms with van der Waals surface area (Å²) >= 11 is 0. The summed E-state index contributed by atoms with van der Waals surface area (Å²) in [5.41, 5.74) is 4.31. The SMILES string of the molecule is Cc1ccc(NC(=O)C[NH+](C)[C@H](C)C(=O)Nc2c(C)nn(C)c2C)cc1. The number of nitrogens with one attached hydrogen (secondary N) is 3. The molecule has 1 heterocycles. The minimum absolute atomic E-state index is 0.125. The molecule has 7 heteroatoms. The molecule has 0 fully saturated rings. The van der Waals surface area contributed by atoms with Crippen molar-refractivity contribution in [1.29, 1.82) is 0 Å². The van der Waals surface area contributed by atoms with Gasteiger partial charge < -0.3 is 15.5 Å². The molecule has 0 radical (unpaired) electrons. The molecule has 0 saturated carbocycles. The summed E-state index contributed by atoms with van der Waals surface area (Å²) in [5, 5.41) is 10.1. The smallest absolute Gasteiger partial charge is 0.282 e. The highest BCUT2D eigenvalue weighted by molar-refractivity contribution is 5.95. The molecule has 140 valence electrons. The van der Waals surface area contributed by atoms with Crippen LogP contribution in [0.25, 0.3) is 0 Å². The molecule has 3 N–H and O–H groups in total. The number of likely N-dealkylation sites (N-methyl/N-ethyl adjacent to an activating group) is 1. The molecule has 0 aliphatic rings. The summed E-state index contributed by atoms with van der Waals surface area (Å²) in [6.45, 7) is 7.78. The first kappa shape index (κ1) is 19.7. The molecule has 2 atom stereocenters. The van der Waals surface area contributed by atoms with E-state index in [2.05, 4.69) is 15.7 Å². The third-order valence-electron chi connectivity index (χ3n) is 4.66. The molecular formula is C19H28N5O2+. The zero-order valence-corrected chi connectivity index (χ0v) is 16.3. The predicted octanol–water partition coefficient (Wildman–Crippen LogP) is 0.826. The Morgan fingerprint density at radius 1 is 1.15 bits per heavy atom. The van der Waals surface area contributed by atoms with Gasteiger partial charge in [0.1, 0.15) is 0 Å². The highest BCUT2D eigenvalue weighted by Gasteiger charge is 2.25. The molecule has 7 nitrogen and oxygen atoms in total. The van der Waals surface area contributed by atoms with E-state index >= 15 is 0 Å². The molecule has 2 rings (SSSR count). The van der Waals surface area contributed by atoms with E-state index in [9.17, 15) is 9.59 Å². The Hall–Kier alpha value is -2.67. The number of anilines is 2. The van der Waals surface area contributed by atoms with Gasteiger partial charge in [-0.15, -0.1) is 0 Å². The highest BCUT2D eigenvalue weighted by Crippen LogP contribution is 2.18. The summed E-state index contributed by atoms with van der Waals surface area (Å²) in [6, 6.07) is 7.25. The molecule has 0 saturated heterocycles. The van der Waals surface area contributed by atoms with Gasteiger partial charge in [0.25, 0.3) is 11.8 Å². The standard InChI is InChI=1S/C19H27N5O2/c1-12-7-9-16(10-8-12)20-17(25)11-23(5)15(4)19(26)21-18-13(2)22-24(6)14(18)3/h7-10,15H,11H2,1-6H3,(H,20,25)(H,21,26)/p+1/t15-/m1/s1. The van der Waals surface area contributed by atoms with E-state index in [4.69, 9.17) is 0 Å². The molecule has 2 aromatic rings. The lowest BCUT2D eigenvalue weighted by Crippen LogP contribution is -3.14. The number of nitrogens with zero attached hydrogens (tertiary/aromatic N) is 2. The van der Waals surface area contributed by atoms with E-state index in [1.807, 2.05) is 66.1 Å². The highest BCUT2D eigenvalue weighted by atomic mass is 16.2. The summed E-state index contributed by atoms with van der Waals surface area (Å²) in [5.74, 6) is -0.260. The first-order valence-corrected chi connectivity index (χ1v) is 8.69. The Kier molecular flexibility index (Phi) is 6.15. The number of aryl methyl sites for hydroxylation is 3. The lowest BCUT2D eigenvalue weighted by molar-refractivity contribution is -0.885. The average molecular weight is 358 g/mol. The van der Waals surface area contributed by atoms with Crippen molar-refractivity contribution < 1.29 is 14.5 Å². The van der Waals surface area contributed by atoms with Gasteiger partial charge in [-0.3, -0.25) is 14.3 Å². The number of carbonyl (C=O) groups excluding carboxylic acids is 2. The monoisotopic (exact) mass is 358 g/mol. The minimum Gasteiger partial charge on any atom is -0.321 e. The molecule has 1 aromatic heterocycles. The Balaban J connectivity index is 1.93. The molecule has 26 heavy (non-hydrogen) atoms. The Morgan fingerprint density at radius 3 is 2.31 bits per heavy atom. The van der Waals surface area contributed by atoms with Crippen molar-refractivity contribution >= 4 is 23.2 Å². The van der Waals surface area contributed by atoms with Crippen molar-refractivity contribution in [1.82, 2.24) is 9.78 Å². The van der Waals surface area contributed by atoms with Crippen LogP contribution in [0.4, 0.5) is 11.4 Å². The number of quaternary nitrogens is 1. The van der Waals surface area contributed by atoms with E-state index in [-0.39, 0.29) is 24.4 Å². The summed E-state index contributed by atoms with van der Waals surface area (Å²) < 4.78 is 1.74. The first-order chi connectivity index (χ1) is 12.2. The average Bonchev–Trinajstić information content (AvgIpc) is 2.82. The van der Waals surface area contributed by atoms with Gasteiger partial charge in [0.05, 0.1) is 24.1 Å². The predicted molar refractivity (Wildman–Crippen MR) is 102 cm³/mol. The maximum Gasteiger partial charge on any atom is 0.282 e. The van der Waals surface area contributed by atoms with Crippen molar-refractivity contribution in [2.24, 2.45) is 7.05 Å². The summed E-state index contributed by atoms with van der Waals surface area (Å²) in [7, 11) is 3.68. The second-order valence-electron chi connectivity index (χ2n) is 6.82. The normalized spacial score (nSPS) is 13.2. The lowest BCUT2D eigenvalue weighted by atomic mass is 10.2. The molecular weight excluding hydrogens is 330 g/mol. The van der Waals surface area contributed by atoms with Crippen molar-refractivity contribution in [3.05, 3.63) is 41.2 Å². The van der Waals surface area contributed by atoms with Crippen LogP contribution in [0.5, 0.6) is 0 Å². The fourth-order valence-corrected chi connectivity index (χ4v) is 2.66. The van der Waals surface area contributed by atoms with Gasteiger partial charge in [-0.05, 0) is 39.8 Å². The van der Waals surface area contributed by atoms with Gasteiger partial charge >= 0.3 is 0 Å². The van der Waals surface area contributed by atoms with Crippen molar-refractivity contribution in [2.45, 2.75) is 33.7 Å². The third-order valence-corrected chi connectivity index (χ3v) is 4.66. The van der Waals surface area contributed by atoms with Crippen LogP contribution < -0.4 is 15.5 Å². The van der Waals surface area contributed by atoms with Gasteiger partial charge in [0.2, 0.25) is 0 Å². The largest absolute Gasteiger partial charge is 0.321 e. The van der Waals surface area contributed by atoms with E-state index in [0.717, 1.165) is 33.2 Å². The van der Waals surface area contributed by atoms with E-state index in [1.165, 1.54) is 0 Å². The number of rotatable bonds is 6. The second kappa shape index (κ2) is 8.14. The third kappa shape index (κ3) is 4.70. The van der Waals surface area contributed by atoms with Crippen molar-refractivity contribution in [3.8, 4) is 0 Å². The van der Waals surface area contributed by atoms with Gasteiger partial charge in [0, 0.05) is 12.7 Å². The fourth-order valence-electron chi connectivity index (χ4n) is 2.66. The summed E-state index contributed by atoms with van der Waals surface area (Å²) in [6.07, 6.45) is 0. The van der Waals surface area contributed by atoms with Gasteiger partial charge in [0.15, 0.2) is 12.6 Å². The number of aromatic nitrogens is 2. The molecule has 0 bridgehead atoms. The van der Waals surface area contributed by atoms with Crippen LogP contribution in [0.3, 0.4) is 0 Å². The van der Waals surface area contributed by atoms with Crippen molar-refractivity contribution in [3.63, 3.8) is 0 Å².